The maximum atomic E-state index is 11.3. The zero-order valence-corrected chi connectivity index (χ0v) is 8.69. The molecule has 1 N–H and O–H groups in total. The third-order valence-electron chi connectivity index (χ3n) is 1.65. The molecule has 70 valence electrons. The van der Waals surface area contributed by atoms with Crippen LogP contribution in [0, 0.1) is 0 Å². The van der Waals surface area contributed by atoms with E-state index in [9.17, 15) is 4.79 Å². The van der Waals surface area contributed by atoms with Gasteiger partial charge in [0.15, 0.2) is 0 Å². The highest BCUT2D eigenvalue weighted by Crippen LogP contribution is 2.25. The Balaban J connectivity index is 2.28. The summed E-state index contributed by atoms with van der Waals surface area (Å²) in [6.07, 6.45) is 5.16. The second kappa shape index (κ2) is 3.89. The largest absolute Gasteiger partial charge is 0.307 e. The molecule has 1 aromatic heterocycles. The van der Waals surface area contributed by atoms with Gasteiger partial charge in [0.1, 0.15) is 4.32 Å². The first-order valence-electron chi connectivity index (χ1n) is 3.90. The molecule has 5 heteroatoms. The van der Waals surface area contributed by atoms with E-state index in [2.05, 4.69) is 10.3 Å². The van der Waals surface area contributed by atoms with Crippen molar-refractivity contribution >= 4 is 40.3 Å². The average molecular weight is 222 g/mol. The van der Waals surface area contributed by atoms with E-state index in [1.165, 1.54) is 11.8 Å². The number of hydrogen-bond acceptors (Lipinski definition) is 4. The van der Waals surface area contributed by atoms with Crippen LogP contribution in [0.2, 0.25) is 0 Å². The van der Waals surface area contributed by atoms with Gasteiger partial charge in [0.2, 0.25) is 0 Å². The van der Waals surface area contributed by atoms with Crippen LogP contribution >= 0.6 is 24.0 Å². The molecule has 3 nitrogen and oxygen atoms in total. The summed E-state index contributed by atoms with van der Waals surface area (Å²) in [5.41, 5.74) is 0.947. The van der Waals surface area contributed by atoms with E-state index in [-0.39, 0.29) is 5.91 Å². The molecule has 0 radical (unpaired) electrons. The van der Waals surface area contributed by atoms with Crippen molar-refractivity contribution in [1.29, 1.82) is 0 Å². The summed E-state index contributed by atoms with van der Waals surface area (Å²) in [6.45, 7) is 0. The molecule has 2 heterocycles. The lowest BCUT2D eigenvalue weighted by Gasteiger charge is -1.92. The van der Waals surface area contributed by atoms with Gasteiger partial charge in [-0.1, -0.05) is 24.0 Å². The van der Waals surface area contributed by atoms with Crippen LogP contribution in [0.25, 0.3) is 6.08 Å². The van der Waals surface area contributed by atoms with E-state index >= 15 is 0 Å². The molecule has 1 aliphatic heterocycles. The lowest BCUT2D eigenvalue weighted by Crippen LogP contribution is -2.17. The van der Waals surface area contributed by atoms with E-state index in [0.29, 0.717) is 9.23 Å². The molecule has 1 saturated heterocycles. The Morgan fingerprint density at radius 2 is 2.14 bits per heavy atom. The highest BCUT2D eigenvalue weighted by Gasteiger charge is 2.21. The van der Waals surface area contributed by atoms with E-state index in [1.807, 2.05) is 12.1 Å². The van der Waals surface area contributed by atoms with Gasteiger partial charge in [-0.2, -0.15) is 0 Å². The molecule has 1 fully saturated rings. The Bertz CT molecular complexity index is 414. The molecule has 0 bridgehead atoms. The zero-order chi connectivity index (χ0) is 9.97. The second-order valence-electron chi connectivity index (χ2n) is 2.63. The van der Waals surface area contributed by atoms with Crippen LogP contribution in [0.15, 0.2) is 29.4 Å². The number of carbonyl (C=O) groups is 1. The zero-order valence-electron chi connectivity index (χ0n) is 7.06. The minimum Gasteiger partial charge on any atom is -0.307 e. The Labute approximate surface area is 90.6 Å². The molecule has 1 amide bonds. The van der Waals surface area contributed by atoms with Gasteiger partial charge in [0, 0.05) is 12.4 Å². The summed E-state index contributed by atoms with van der Waals surface area (Å²) in [5.74, 6) is -0.128. The molecule has 2 rings (SSSR count). The number of pyridine rings is 1. The van der Waals surface area contributed by atoms with Gasteiger partial charge in [0.05, 0.1) is 4.91 Å². The van der Waals surface area contributed by atoms with Gasteiger partial charge in [-0.15, -0.1) is 0 Å². The quantitative estimate of drug-likeness (QED) is 0.578. The minimum atomic E-state index is -0.128. The first-order chi connectivity index (χ1) is 6.75. The topological polar surface area (TPSA) is 42.0 Å². The molecular formula is C9H6N2OS2. The first-order valence-corrected chi connectivity index (χ1v) is 5.13. The lowest BCUT2D eigenvalue weighted by molar-refractivity contribution is -0.115. The third-order valence-corrected chi connectivity index (χ3v) is 2.81. The van der Waals surface area contributed by atoms with Gasteiger partial charge >= 0.3 is 0 Å². The maximum absolute atomic E-state index is 11.3. The number of carbonyl (C=O) groups excluding carboxylic acids is 1. The summed E-state index contributed by atoms with van der Waals surface area (Å²) < 4.78 is 0.510. The number of nitrogens with one attached hydrogen (secondary N) is 1. The van der Waals surface area contributed by atoms with Gasteiger partial charge in [-0.3, -0.25) is 9.78 Å². The van der Waals surface area contributed by atoms with E-state index in [1.54, 1.807) is 18.5 Å². The Morgan fingerprint density at radius 1 is 1.43 bits per heavy atom. The van der Waals surface area contributed by atoms with Crippen LogP contribution in [-0.4, -0.2) is 15.2 Å². The van der Waals surface area contributed by atoms with Gasteiger partial charge < -0.3 is 5.32 Å². The fourth-order valence-corrected chi connectivity index (χ4v) is 2.08. The smallest absolute Gasteiger partial charge is 0.263 e. The number of thioether (sulfide) groups is 1. The number of thiocarbonyl (C=S) groups is 1. The summed E-state index contributed by atoms with van der Waals surface area (Å²) >= 11 is 6.15. The van der Waals surface area contributed by atoms with E-state index in [4.69, 9.17) is 12.2 Å². The Hall–Kier alpha value is -1.20. The van der Waals surface area contributed by atoms with Crippen LogP contribution < -0.4 is 5.32 Å². The van der Waals surface area contributed by atoms with Gasteiger partial charge in [-0.25, -0.2) is 0 Å². The average Bonchev–Trinajstić information content (AvgIpc) is 2.47. The van der Waals surface area contributed by atoms with Crippen LogP contribution in [0.4, 0.5) is 0 Å². The van der Waals surface area contributed by atoms with Crippen molar-refractivity contribution in [3.05, 3.63) is 35.0 Å². The normalized spacial score (nSPS) is 18.7. The van der Waals surface area contributed by atoms with Gasteiger partial charge in [0.25, 0.3) is 5.91 Å². The minimum absolute atomic E-state index is 0.128. The predicted molar refractivity (Wildman–Crippen MR) is 60.5 cm³/mol. The van der Waals surface area contributed by atoms with Crippen molar-refractivity contribution in [2.24, 2.45) is 0 Å². The fraction of sp³-hybridized carbons (Fsp3) is 0. The highest BCUT2D eigenvalue weighted by atomic mass is 32.2. The second-order valence-corrected chi connectivity index (χ2v) is 4.35. The third kappa shape index (κ3) is 2.00. The van der Waals surface area contributed by atoms with Gasteiger partial charge in [-0.05, 0) is 23.8 Å². The van der Waals surface area contributed by atoms with Crippen molar-refractivity contribution < 1.29 is 4.79 Å². The van der Waals surface area contributed by atoms with Crippen molar-refractivity contribution in [2.45, 2.75) is 0 Å². The van der Waals surface area contributed by atoms with E-state index < -0.39 is 0 Å². The summed E-state index contributed by atoms with van der Waals surface area (Å²) in [6, 6.07) is 3.67. The van der Waals surface area contributed by atoms with E-state index in [0.717, 1.165) is 5.56 Å². The van der Waals surface area contributed by atoms with Crippen LogP contribution in [0.5, 0.6) is 0 Å². The number of nitrogens with zero attached hydrogens (tertiary/aromatic N) is 1. The number of rotatable bonds is 1. The monoisotopic (exact) mass is 222 g/mol. The van der Waals surface area contributed by atoms with Crippen LogP contribution in [0.3, 0.4) is 0 Å². The number of amides is 1. The molecule has 0 aromatic carbocycles. The van der Waals surface area contributed by atoms with Crippen molar-refractivity contribution in [3.63, 3.8) is 0 Å². The highest BCUT2D eigenvalue weighted by molar-refractivity contribution is 8.26. The summed E-state index contributed by atoms with van der Waals surface area (Å²) in [7, 11) is 0. The Kier molecular flexibility index (Phi) is 2.60. The van der Waals surface area contributed by atoms with Crippen LogP contribution in [0.1, 0.15) is 5.56 Å². The molecule has 0 atom stereocenters. The summed E-state index contributed by atoms with van der Waals surface area (Å²) in [5, 5.41) is 2.56. The molecule has 1 aromatic rings. The van der Waals surface area contributed by atoms with Crippen molar-refractivity contribution in [2.75, 3.05) is 0 Å². The standard InChI is InChI=1S/C9H6N2OS2/c12-8-7(14-9(13)11-8)5-6-1-3-10-4-2-6/h1-5H,(H,11,12,13)/b7-5-. The van der Waals surface area contributed by atoms with Crippen LogP contribution in [-0.2, 0) is 4.79 Å². The molecule has 0 saturated carbocycles. The van der Waals surface area contributed by atoms with Crippen molar-refractivity contribution in [3.8, 4) is 0 Å². The molecule has 0 aliphatic carbocycles. The molecule has 0 spiro atoms. The summed E-state index contributed by atoms with van der Waals surface area (Å²) in [4.78, 5) is 15.8. The maximum Gasteiger partial charge on any atom is 0.263 e. The number of aromatic nitrogens is 1. The molecule has 0 unspecified atom stereocenters. The number of hydrogen-bond donors (Lipinski definition) is 1. The predicted octanol–water partition coefficient (Wildman–Crippen LogP) is 1.57. The van der Waals surface area contributed by atoms with Crippen molar-refractivity contribution in [1.82, 2.24) is 10.3 Å². The first kappa shape index (κ1) is 9.36. The molecule has 1 aliphatic rings. The molecular weight excluding hydrogens is 216 g/mol. The Morgan fingerprint density at radius 3 is 2.71 bits per heavy atom. The SMILES string of the molecule is O=C1NC(=S)S/C1=C\c1ccncc1. The molecule has 14 heavy (non-hydrogen) atoms. The fourth-order valence-electron chi connectivity index (χ4n) is 1.03. The lowest BCUT2D eigenvalue weighted by atomic mass is 10.2.